The van der Waals surface area contributed by atoms with Crippen molar-refractivity contribution in [2.45, 2.75) is 116 Å². The maximum atomic E-state index is 12.7. The Kier molecular flexibility index (Phi) is 35.3. The number of rotatable bonds is 34. The lowest BCUT2D eigenvalue weighted by molar-refractivity contribution is -0.887. The molecule has 0 heterocycles. The predicted molar refractivity (Wildman–Crippen MR) is 238 cm³/mol. The van der Waals surface area contributed by atoms with E-state index >= 15 is 0 Å². The molecule has 0 amide bonds. The molecule has 0 spiro atoms. The maximum absolute atomic E-state index is 12.7. The van der Waals surface area contributed by atoms with Gasteiger partial charge in [-0.3, -0.25) is 9.59 Å². The van der Waals surface area contributed by atoms with Crippen molar-refractivity contribution in [2.75, 3.05) is 41.0 Å². The van der Waals surface area contributed by atoms with Crippen molar-refractivity contribution in [3.8, 4) is 0 Å². The monoisotopic (exact) mass is 789 g/mol. The van der Waals surface area contributed by atoms with Crippen molar-refractivity contribution in [3.63, 3.8) is 0 Å². The second-order valence-corrected chi connectivity index (χ2v) is 14.3. The number of likely N-dealkylation sites (N-methyl/N-ethyl adjacent to an activating group) is 1. The number of carboxylic acids is 1. The van der Waals surface area contributed by atoms with Crippen molar-refractivity contribution in [1.82, 2.24) is 0 Å². The zero-order valence-corrected chi connectivity index (χ0v) is 35.7. The number of hydrogen-bond donors (Lipinski definition) is 1. The minimum Gasteiger partial charge on any atom is -0.477 e. The lowest BCUT2D eigenvalue weighted by Crippen LogP contribution is -2.50. The fraction of sp³-hybridized carbons (Fsp3) is 0.490. The average Bonchev–Trinajstić information content (AvgIpc) is 3.17. The van der Waals surface area contributed by atoms with E-state index in [0.717, 1.165) is 57.8 Å². The van der Waals surface area contributed by atoms with Gasteiger partial charge >= 0.3 is 17.9 Å². The quantitative estimate of drug-likeness (QED) is 0.0228. The third kappa shape index (κ3) is 36.8. The molecular weight excluding hydrogens is 715 g/mol. The first-order chi connectivity index (χ1) is 27.6. The summed E-state index contributed by atoms with van der Waals surface area (Å²) in [6.45, 7) is 4.30. The molecule has 0 aromatic heterocycles. The SMILES string of the molecule is CC/C=C/C=C/C=C/C=C/C=C/C=C/CCCCCC(=O)OC(COCCC(C(=O)O)[N+](C)(C)C)COC(=O)CC/C=C/C/C=C/C/C=C/C/C=C/C/C=C/CC. The van der Waals surface area contributed by atoms with E-state index in [1.54, 1.807) is 0 Å². The summed E-state index contributed by atoms with van der Waals surface area (Å²) in [7, 11) is 5.46. The van der Waals surface area contributed by atoms with Gasteiger partial charge in [0.05, 0.1) is 34.4 Å². The maximum Gasteiger partial charge on any atom is 0.362 e. The van der Waals surface area contributed by atoms with Gasteiger partial charge < -0.3 is 23.8 Å². The van der Waals surface area contributed by atoms with Gasteiger partial charge in [-0.2, -0.15) is 0 Å². The van der Waals surface area contributed by atoms with Crippen molar-refractivity contribution in [1.29, 1.82) is 0 Å². The molecular formula is C49H74NO7+. The van der Waals surface area contributed by atoms with Gasteiger partial charge in [-0.05, 0) is 64.2 Å². The Hall–Kier alpha value is -4.53. The van der Waals surface area contributed by atoms with Crippen LogP contribution in [0.3, 0.4) is 0 Å². The number of unbranched alkanes of at least 4 members (excludes halogenated alkanes) is 3. The summed E-state index contributed by atoms with van der Waals surface area (Å²) in [5, 5.41) is 9.61. The van der Waals surface area contributed by atoms with Crippen molar-refractivity contribution >= 4 is 17.9 Å². The Bertz CT molecular complexity index is 1380. The van der Waals surface area contributed by atoms with Crippen LogP contribution >= 0.6 is 0 Å². The molecule has 0 fully saturated rings. The summed E-state index contributed by atoms with van der Waals surface area (Å²) >= 11 is 0. The highest BCUT2D eigenvalue weighted by Gasteiger charge is 2.31. The summed E-state index contributed by atoms with van der Waals surface area (Å²) < 4.78 is 17.1. The van der Waals surface area contributed by atoms with Gasteiger partial charge in [-0.25, -0.2) is 4.79 Å². The molecule has 0 saturated carbocycles. The third-order valence-electron chi connectivity index (χ3n) is 8.22. The normalized spacial score (nSPS) is 14.3. The molecule has 8 heteroatoms. The van der Waals surface area contributed by atoms with Crippen molar-refractivity contribution < 1.29 is 38.2 Å². The van der Waals surface area contributed by atoms with E-state index in [1.165, 1.54) is 0 Å². The van der Waals surface area contributed by atoms with Gasteiger partial charge in [0.15, 0.2) is 12.1 Å². The zero-order valence-electron chi connectivity index (χ0n) is 35.7. The highest BCUT2D eigenvalue weighted by atomic mass is 16.6. The fourth-order valence-electron chi connectivity index (χ4n) is 5.05. The zero-order chi connectivity index (χ0) is 42.1. The minimum atomic E-state index is -0.900. The van der Waals surface area contributed by atoms with E-state index in [2.05, 4.69) is 74.6 Å². The van der Waals surface area contributed by atoms with Crippen LogP contribution in [0.25, 0.3) is 0 Å². The number of aliphatic carboxylic acids is 1. The van der Waals surface area contributed by atoms with E-state index in [-0.39, 0.29) is 49.1 Å². The third-order valence-corrected chi connectivity index (χ3v) is 8.22. The van der Waals surface area contributed by atoms with Gasteiger partial charge in [0.2, 0.25) is 0 Å². The molecule has 57 heavy (non-hydrogen) atoms. The standard InChI is InChI=1S/C49H73NO7/c1-6-8-10-12-14-16-18-20-22-24-26-28-30-32-34-36-38-40-48(52)57-45(43-55-42-41-46(49(53)54)50(3,4)5)44-56-47(51)39-37-35-33-31-29-27-25-23-21-19-17-15-13-11-9-7-2/h8-12,14-18,20-24,26-30,33,35,45-46H,6-7,13,19,25,31-32,34,36-44H2,1-5H3/p+1/b10-8+,11-9+,14-12+,17-15+,18-16+,22-20+,23-21+,26-24+,29-27+,30-28+,35-33+. The van der Waals surface area contributed by atoms with Crippen LogP contribution in [0.5, 0.6) is 0 Å². The minimum absolute atomic E-state index is 0.00868. The number of ether oxygens (including phenoxy) is 3. The number of hydrogen-bond acceptors (Lipinski definition) is 6. The lowest BCUT2D eigenvalue weighted by atomic mass is 10.1. The molecule has 2 atom stereocenters. The van der Waals surface area contributed by atoms with Crippen molar-refractivity contribution in [2.24, 2.45) is 0 Å². The predicted octanol–water partition coefficient (Wildman–Crippen LogP) is 11.2. The molecule has 1 N–H and O–H groups in total. The molecule has 0 aliphatic carbocycles. The van der Waals surface area contributed by atoms with Gasteiger partial charge in [0.1, 0.15) is 6.61 Å². The first-order valence-corrected chi connectivity index (χ1v) is 20.8. The Balaban J connectivity index is 4.63. The van der Waals surface area contributed by atoms with Crippen LogP contribution in [0.4, 0.5) is 0 Å². The van der Waals surface area contributed by atoms with Gasteiger partial charge in [-0.1, -0.05) is 154 Å². The van der Waals surface area contributed by atoms with E-state index in [0.29, 0.717) is 19.3 Å². The molecule has 2 unspecified atom stereocenters. The van der Waals surface area contributed by atoms with Crippen LogP contribution in [0.2, 0.25) is 0 Å². The molecule has 0 aromatic rings. The highest BCUT2D eigenvalue weighted by Crippen LogP contribution is 2.11. The van der Waals surface area contributed by atoms with Gasteiger partial charge in [-0.15, -0.1) is 0 Å². The van der Waals surface area contributed by atoms with Crippen LogP contribution in [0.1, 0.15) is 104 Å². The summed E-state index contributed by atoms with van der Waals surface area (Å²) in [4.78, 5) is 36.9. The van der Waals surface area contributed by atoms with E-state index in [1.807, 2.05) is 94.1 Å². The summed E-state index contributed by atoms with van der Waals surface area (Å²) in [6, 6.07) is -0.643. The number of carboxylic acid groups (broad SMARTS) is 1. The second-order valence-electron chi connectivity index (χ2n) is 14.3. The van der Waals surface area contributed by atoms with E-state index in [9.17, 15) is 19.5 Å². The van der Waals surface area contributed by atoms with Crippen molar-refractivity contribution in [3.05, 3.63) is 134 Å². The molecule has 0 saturated heterocycles. The molecule has 0 aliphatic rings. The molecule has 0 aromatic carbocycles. The van der Waals surface area contributed by atoms with Crippen LogP contribution in [0, 0.1) is 0 Å². The summed E-state index contributed by atoms with van der Waals surface area (Å²) in [5.74, 6) is -1.66. The van der Waals surface area contributed by atoms with E-state index in [4.69, 9.17) is 14.2 Å². The number of nitrogens with zero attached hydrogens (tertiary/aromatic N) is 1. The summed E-state index contributed by atoms with van der Waals surface area (Å²) in [5.41, 5.74) is 0. The first kappa shape index (κ1) is 52.5. The molecule has 316 valence electrons. The number of carbonyl (C=O) groups is 3. The first-order valence-electron chi connectivity index (χ1n) is 20.8. The van der Waals surface area contributed by atoms with Crippen LogP contribution < -0.4 is 0 Å². The number of carbonyl (C=O) groups excluding carboxylic acids is 2. The lowest BCUT2D eigenvalue weighted by Gasteiger charge is -2.31. The Morgan fingerprint density at radius 1 is 0.544 bits per heavy atom. The van der Waals surface area contributed by atoms with Crippen LogP contribution in [-0.4, -0.2) is 80.6 Å². The Morgan fingerprint density at radius 3 is 1.58 bits per heavy atom. The molecule has 0 rings (SSSR count). The number of quaternary nitrogens is 1. The highest BCUT2D eigenvalue weighted by molar-refractivity contribution is 5.72. The Labute approximate surface area is 345 Å². The van der Waals surface area contributed by atoms with Crippen LogP contribution in [0.15, 0.2) is 134 Å². The smallest absolute Gasteiger partial charge is 0.362 e. The van der Waals surface area contributed by atoms with E-state index < -0.39 is 18.1 Å². The van der Waals surface area contributed by atoms with Crippen LogP contribution in [-0.2, 0) is 28.6 Å². The van der Waals surface area contributed by atoms with Gasteiger partial charge in [0, 0.05) is 19.3 Å². The molecule has 0 radical (unpaired) electrons. The number of allylic oxidation sites excluding steroid dienone is 22. The Morgan fingerprint density at radius 2 is 1.05 bits per heavy atom. The largest absolute Gasteiger partial charge is 0.477 e. The molecule has 0 bridgehead atoms. The second kappa shape index (κ2) is 38.3. The number of esters is 2. The fourth-order valence-corrected chi connectivity index (χ4v) is 5.05. The topological polar surface area (TPSA) is 99.1 Å². The molecule has 8 nitrogen and oxygen atoms in total. The molecule has 0 aliphatic heterocycles. The van der Waals surface area contributed by atoms with Gasteiger partial charge in [0.25, 0.3) is 0 Å². The average molecular weight is 789 g/mol. The summed E-state index contributed by atoms with van der Waals surface area (Å²) in [6.07, 6.45) is 55.1.